The molecule has 1 aliphatic heterocycles. The molecule has 30 heavy (non-hydrogen) atoms. The quantitative estimate of drug-likeness (QED) is 0.271. The van der Waals surface area contributed by atoms with Crippen LogP contribution in [-0.4, -0.2) is 43.4 Å². The first kappa shape index (κ1) is 19.9. The summed E-state index contributed by atoms with van der Waals surface area (Å²) in [6, 6.07) is 18.8. The Morgan fingerprint density at radius 1 is 0.967 bits per heavy atom. The Morgan fingerprint density at radius 3 is 2.23 bits per heavy atom. The van der Waals surface area contributed by atoms with Crippen LogP contribution >= 0.6 is 0 Å². The number of morpholine rings is 1. The van der Waals surface area contributed by atoms with E-state index in [0.29, 0.717) is 24.5 Å². The largest absolute Gasteiger partial charge is 0.422 e. The molecule has 154 valence electrons. The summed E-state index contributed by atoms with van der Waals surface area (Å²) in [6.45, 7) is 2.87. The number of esters is 1. The Hall–Kier alpha value is -3.38. The van der Waals surface area contributed by atoms with Gasteiger partial charge in [-0.1, -0.05) is 48.5 Å². The SMILES string of the molecule is NN=CC1=C(N2CCOCC2)C(=C(OC(=O)c2ccccc2)c2ccccc2)CC1. The number of allylic oxidation sites excluding steroid dienone is 2. The molecule has 0 aromatic heterocycles. The zero-order valence-electron chi connectivity index (χ0n) is 16.8. The Morgan fingerprint density at radius 2 is 1.60 bits per heavy atom. The minimum atomic E-state index is -0.371. The zero-order chi connectivity index (χ0) is 20.8. The van der Waals surface area contributed by atoms with E-state index < -0.39 is 0 Å². The Labute approximate surface area is 176 Å². The van der Waals surface area contributed by atoms with E-state index >= 15 is 0 Å². The minimum absolute atomic E-state index is 0.371. The Bertz CT molecular complexity index is 975. The lowest BCUT2D eigenvalue weighted by Gasteiger charge is -2.32. The topological polar surface area (TPSA) is 77.2 Å². The van der Waals surface area contributed by atoms with Crippen LogP contribution in [0.1, 0.15) is 28.8 Å². The van der Waals surface area contributed by atoms with Crippen molar-refractivity contribution >= 4 is 17.9 Å². The molecule has 0 bridgehead atoms. The number of carbonyl (C=O) groups is 1. The van der Waals surface area contributed by atoms with Crippen molar-refractivity contribution < 1.29 is 14.3 Å². The highest BCUT2D eigenvalue weighted by Crippen LogP contribution is 2.39. The molecule has 6 nitrogen and oxygen atoms in total. The molecule has 1 fully saturated rings. The van der Waals surface area contributed by atoms with Crippen molar-refractivity contribution in [3.63, 3.8) is 0 Å². The molecule has 2 N–H and O–H groups in total. The molecule has 0 spiro atoms. The van der Waals surface area contributed by atoms with Gasteiger partial charge in [0, 0.05) is 29.9 Å². The first-order valence-electron chi connectivity index (χ1n) is 10.1. The third kappa shape index (κ3) is 4.28. The maximum absolute atomic E-state index is 12.9. The number of benzene rings is 2. The minimum Gasteiger partial charge on any atom is -0.422 e. The van der Waals surface area contributed by atoms with E-state index in [-0.39, 0.29) is 5.97 Å². The van der Waals surface area contributed by atoms with Gasteiger partial charge >= 0.3 is 5.97 Å². The molecule has 2 aliphatic rings. The molecule has 2 aromatic rings. The number of nitrogens with zero attached hydrogens (tertiary/aromatic N) is 2. The van der Waals surface area contributed by atoms with E-state index in [1.165, 1.54) is 0 Å². The van der Waals surface area contributed by atoms with Crippen molar-refractivity contribution in [1.29, 1.82) is 0 Å². The summed E-state index contributed by atoms with van der Waals surface area (Å²) in [5.41, 5.74) is 4.49. The highest BCUT2D eigenvalue weighted by molar-refractivity contribution is 5.94. The maximum Gasteiger partial charge on any atom is 0.343 e. The second-order valence-corrected chi connectivity index (χ2v) is 7.18. The number of nitrogens with two attached hydrogens (primary N) is 1. The predicted molar refractivity (Wildman–Crippen MR) is 117 cm³/mol. The fraction of sp³-hybridized carbons (Fsp3) is 0.250. The fourth-order valence-electron chi connectivity index (χ4n) is 3.92. The van der Waals surface area contributed by atoms with Gasteiger partial charge in [0.05, 0.1) is 25.0 Å². The smallest absolute Gasteiger partial charge is 0.343 e. The van der Waals surface area contributed by atoms with Gasteiger partial charge in [0.25, 0.3) is 0 Å². The van der Waals surface area contributed by atoms with Gasteiger partial charge in [0.2, 0.25) is 0 Å². The number of hydrogen-bond acceptors (Lipinski definition) is 6. The van der Waals surface area contributed by atoms with Gasteiger partial charge in [-0.15, -0.1) is 0 Å². The molecule has 0 atom stereocenters. The van der Waals surface area contributed by atoms with Crippen molar-refractivity contribution in [2.75, 3.05) is 26.3 Å². The van der Waals surface area contributed by atoms with Crippen LogP contribution in [0, 0.1) is 0 Å². The molecule has 0 amide bonds. The number of hydrogen-bond donors (Lipinski definition) is 1. The molecule has 6 heteroatoms. The van der Waals surface area contributed by atoms with Crippen LogP contribution in [0.5, 0.6) is 0 Å². The standard InChI is InChI=1S/C24H25N3O3/c25-26-17-20-11-12-21(22(20)27-13-15-29-16-14-27)23(18-7-3-1-4-8-18)30-24(28)19-9-5-2-6-10-19/h1-10,17H,11-16,25H2. The van der Waals surface area contributed by atoms with Crippen LogP contribution in [-0.2, 0) is 9.47 Å². The molecule has 1 heterocycles. The molecule has 0 radical (unpaired) electrons. The number of carbonyl (C=O) groups excluding carboxylic acids is 1. The van der Waals surface area contributed by atoms with E-state index in [9.17, 15) is 4.79 Å². The van der Waals surface area contributed by atoms with Crippen molar-refractivity contribution in [3.8, 4) is 0 Å². The summed E-state index contributed by atoms with van der Waals surface area (Å²) >= 11 is 0. The lowest BCUT2D eigenvalue weighted by atomic mass is 10.0. The first-order chi connectivity index (χ1) is 14.8. The third-order valence-electron chi connectivity index (χ3n) is 5.31. The van der Waals surface area contributed by atoms with Crippen molar-refractivity contribution in [1.82, 2.24) is 4.90 Å². The average Bonchev–Trinajstić information content (AvgIpc) is 3.22. The predicted octanol–water partition coefficient (Wildman–Crippen LogP) is 3.58. The summed E-state index contributed by atoms with van der Waals surface area (Å²) in [6.07, 6.45) is 3.25. The third-order valence-corrected chi connectivity index (χ3v) is 5.31. The lowest BCUT2D eigenvalue weighted by molar-refractivity contribution is 0.0544. The molecular weight excluding hydrogens is 378 g/mol. The zero-order valence-corrected chi connectivity index (χ0v) is 16.8. The Kier molecular flexibility index (Phi) is 6.25. The number of rotatable bonds is 5. The van der Waals surface area contributed by atoms with E-state index in [1.807, 2.05) is 48.5 Å². The molecule has 0 saturated carbocycles. The van der Waals surface area contributed by atoms with Gasteiger partial charge in [0.1, 0.15) is 5.76 Å². The molecule has 0 unspecified atom stereocenters. The van der Waals surface area contributed by atoms with E-state index in [4.69, 9.17) is 15.3 Å². The molecule has 1 saturated heterocycles. The van der Waals surface area contributed by atoms with Crippen LogP contribution in [0.25, 0.3) is 5.76 Å². The van der Waals surface area contributed by atoms with Gasteiger partial charge in [-0.05, 0) is 30.5 Å². The van der Waals surface area contributed by atoms with Crippen LogP contribution in [0.3, 0.4) is 0 Å². The molecule has 1 aliphatic carbocycles. The number of hydrazone groups is 1. The van der Waals surface area contributed by atoms with Gasteiger partial charge < -0.3 is 20.2 Å². The van der Waals surface area contributed by atoms with Gasteiger partial charge in [0.15, 0.2) is 0 Å². The van der Waals surface area contributed by atoms with E-state index in [0.717, 1.165) is 48.3 Å². The second kappa shape index (κ2) is 9.41. The van der Waals surface area contributed by atoms with E-state index in [2.05, 4.69) is 10.0 Å². The van der Waals surface area contributed by atoms with Gasteiger partial charge in [-0.2, -0.15) is 5.10 Å². The van der Waals surface area contributed by atoms with E-state index in [1.54, 1.807) is 18.3 Å². The van der Waals surface area contributed by atoms with Crippen LogP contribution in [0.15, 0.2) is 82.6 Å². The molecular formula is C24H25N3O3. The summed E-state index contributed by atoms with van der Waals surface area (Å²) in [5.74, 6) is 5.70. The fourth-order valence-corrected chi connectivity index (χ4v) is 3.92. The van der Waals surface area contributed by atoms with Gasteiger partial charge in [-0.3, -0.25) is 0 Å². The van der Waals surface area contributed by atoms with Gasteiger partial charge in [-0.25, -0.2) is 4.79 Å². The summed E-state index contributed by atoms with van der Waals surface area (Å²) in [7, 11) is 0. The molecule has 4 rings (SSSR count). The summed E-state index contributed by atoms with van der Waals surface area (Å²) in [5, 5.41) is 3.77. The normalized spacial score (nSPS) is 18.7. The van der Waals surface area contributed by atoms with Crippen molar-refractivity contribution in [2.45, 2.75) is 12.8 Å². The second-order valence-electron chi connectivity index (χ2n) is 7.18. The monoisotopic (exact) mass is 403 g/mol. The maximum atomic E-state index is 12.9. The average molecular weight is 403 g/mol. The first-order valence-corrected chi connectivity index (χ1v) is 10.1. The molecule has 2 aromatic carbocycles. The Balaban J connectivity index is 1.80. The van der Waals surface area contributed by atoms with Crippen LogP contribution < -0.4 is 5.84 Å². The lowest BCUT2D eigenvalue weighted by Crippen LogP contribution is -2.36. The highest BCUT2D eigenvalue weighted by Gasteiger charge is 2.30. The highest BCUT2D eigenvalue weighted by atomic mass is 16.5. The van der Waals surface area contributed by atoms with Crippen LogP contribution in [0.4, 0.5) is 0 Å². The van der Waals surface area contributed by atoms with Crippen LogP contribution in [0.2, 0.25) is 0 Å². The van der Waals surface area contributed by atoms with Crippen molar-refractivity contribution in [3.05, 3.63) is 88.6 Å². The number of ether oxygens (including phenoxy) is 2. The summed E-state index contributed by atoms with van der Waals surface area (Å²) in [4.78, 5) is 15.2. The van der Waals surface area contributed by atoms with Crippen molar-refractivity contribution in [2.24, 2.45) is 10.9 Å². The summed E-state index contributed by atoms with van der Waals surface area (Å²) < 4.78 is 11.6.